The maximum absolute atomic E-state index is 13.1. The minimum absolute atomic E-state index is 0.0740. The van der Waals surface area contributed by atoms with E-state index in [0.29, 0.717) is 51.3 Å². The maximum atomic E-state index is 13.1. The van der Waals surface area contributed by atoms with Gasteiger partial charge in [0.1, 0.15) is 0 Å². The molecule has 1 aliphatic rings. The van der Waals surface area contributed by atoms with Crippen molar-refractivity contribution in [3.63, 3.8) is 0 Å². The summed E-state index contributed by atoms with van der Waals surface area (Å²) < 4.78 is 0. The topological polar surface area (TPSA) is 118 Å². The van der Waals surface area contributed by atoms with Gasteiger partial charge in [-0.2, -0.15) is 0 Å². The Bertz CT molecular complexity index is 1100. The smallest absolute Gasteiger partial charge is 0.325 e. The molecule has 0 fully saturated rings. The first kappa shape index (κ1) is 24.4. The molecule has 2 heterocycles. The summed E-state index contributed by atoms with van der Waals surface area (Å²) in [5, 5.41) is 3.37. The van der Waals surface area contributed by atoms with Gasteiger partial charge in [-0.05, 0) is 30.9 Å². The van der Waals surface area contributed by atoms with Crippen LogP contribution in [0.25, 0.3) is 0 Å². The predicted molar refractivity (Wildman–Crippen MR) is 127 cm³/mol. The van der Waals surface area contributed by atoms with Crippen molar-refractivity contribution >= 4 is 17.5 Å². The summed E-state index contributed by atoms with van der Waals surface area (Å²) >= 11 is 0. The van der Waals surface area contributed by atoms with Crippen molar-refractivity contribution < 1.29 is 9.59 Å². The largest absolute Gasteiger partial charge is 0.341 e. The van der Waals surface area contributed by atoms with Crippen LogP contribution in [0.1, 0.15) is 43.5 Å². The molecule has 0 aliphatic carbocycles. The van der Waals surface area contributed by atoms with Crippen molar-refractivity contribution in [1.82, 2.24) is 20.2 Å². The zero-order valence-corrected chi connectivity index (χ0v) is 19.6. The second-order valence-electron chi connectivity index (χ2n) is 8.87. The van der Waals surface area contributed by atoms with Gasteiger partial charge in [0.05, 0.1) is 6.42 Å². The quantitative estimate of drug-likeness (QED) is 0.643. The van der Waals surface area contributed by atoms with E-state index in [1.807, 2.05) is 43.0 Å². The molecule has 33 heavy (non-hydrogen) atoms. The fraction of sp³-hybridized carbons (Fsp3) is 0.500. The molecule has 3 N–H and O–H groups in total. The van der Waals surface area contributed by atoms with Gasteiger partial charge in [-0.3, -0.25) is 19.4 Å². The summed E-state index contributed by atoms with van der Waals surface area (Å²) in [5.74, 6) is 0.136. The number of aromatic amines is 2. The molecule has 1 aromatic heterocycles. The molecule has 1 aliphatic heterocycles. The Labute approximate surface area is 193 Å². The third kappa shape index (κ3) is 6.41. The summed E-state index contributed by atoms with van der Waals surface area (Å²) in [6, 6.07) is 7.89. The van der Waals surface area contributed by atoms with Crippen LogP contribution in [-0.4, -0.2) is 52.9 Å². The Hall–Kier alpha value is -3.20. The van der Waals surface area contributed by atoms with E-state index in [4.69, 9.17) is 0 Å². The van der Waals surface area contributed by atoms with Crippen molar-refractivity contribution in [1.29, 1.82) is 0 Å². The molecule has 0 bridgehead atoms. The van der Waals surface area contributed by atoms with Crippen molar-refractivity contribution in [3.05, 3.63) is 61.9 Å². The van der Waals surface area contributed by atoms with Crippen LogP contribution in [0.4, 0.5) is 5.69 Å². The van der Waals surface area contributed by atoms with E-state index in [9.17, 15) is 19.2 Å². The first-order chi connectivity index (χ1) is 15.8. The zero-order chi connectivity index (χ0) is 24.0. The lowest BCUT2D eigenvalue weighted by Crippen LogP contribution is -2.41. The fourth-order valence-corrected chi connectivity index (χ4v) is 4.08. The first-order valence-corrected chi connectivity index (χ1v) is 11.4. The highest BCUT2D eigenvalue weighted by molar-refractivity contribution is 5.94. The number of amides is 2. The molecular formula is C24H33N5O4. The number of carbonyl (C=O) groups excluding carboxylic acids is 2. The number of rotatable bonds is 4. The highest BCUT2D eigenvalue weighted by atomic mass is 16.2. The highest BCUT2D eigenvalue weighted by Gasteiger charge is 2.22. The van der Waals surface area contributed by atoms with E-state index in [2.05, 4.69) is 15.3 Å². The van der Waals surface area contributed by atoms with Crippen molar-refractivity contribution in [3.8, 4) is 0 Å². The standard InChI is InChI=1S/C24H33N5O4/c1-16(2)13-22(31)29-11-6-10-28(12-9-25-15-18-7-4-5-8-20(18)29)21(30)14-19-17(3)26-24(33)27-23(19)32/h4-5,7-8,16,25H,6,9-15H2,1-3H3,(H2,26,27,32,33). The van der Waals surface area contributed by atoms with Crippen molar-refractivity contribution in [2.45, 2.75) is 46.6 Å². The molecule has 3 rings (SSSR count). The van der Waals surface area contributed by atoms with Crippen LogP contribution in [0, 0.1) is 12.8 Å². The molecule has 1 aromatic carbocycles. The van der Waals surface area contributed by atoms with E-state index < -0.39 is 11.2 Å². The number of aryl methyl sites for hydroxylation is 1. The lowest BCUT2D eigenvalue weighted by Gasteiger charge is -2.27. The molecule has 0 radical (unpaired) electrons. The van der Waals surface area contributed by atoms with E-state index in [0.717, 1.165) is 11.3 Å². The summed E-state index contributed by atoms with van der Waals surface area (Å²) in [7, 11) is 0. The summed E-state index contributed by atoms with van der Waals surface area (Å²) in [5.41, 5.74) is 1.49. The molecule has 0 atom stereocenters. The van der Waals surface area contributed by atoms with Gasteiger partial charge in [0, 0.05) is 56.1 Å². The number of benzene rings is 1. The van der Waals surface area contributed by atoms with Crippen LogP contribution in [0.5, 0.6) is 0 Å². The van der Waals surface area contributed by atoms with E-state index in [-0.39, 0.29) is 29.7 Å². The minimum atomic E-state index is -0.584. The van der Waals surface area contributed by atoms with Crippen LogP contribution in [0.3, 0.4) is 0 Å². The second kappa shape index (κ2) is 11.1. The van der Waals surface area contributed by atoms with Crippen LogP contribution in [-0.2, 0) is 22.6 Å². The van der Waals surface area contributed by atoms with Gasteiger partial charge < -0.3 is 20.1 Å². The molecule has 9 nitrogen and oxygen atoms in total. The normalized spacial score (nSPS) is 15.2. The molecule has 0 saturated heterocycles. The number of nitrogens with zero attached hydrogens (tertiary/aromatic N) is 2. The molecule has 178 valence electrons. The summed E-state index contributed by atoms with van der Waals surface area (Å²) in [6.07, 6.45) is 0.984. The Morgan fingerprint density at radius 2 is 1.79 bits per heavy atom. The lowest BCUT2D eigenvalue weighted by molar-refractivity contribution is -0.130. The van der Waals surface area contributed by atoms with E-state index in [1.165, 1.54) is 0 Å². The average molecular weight is 456 g/mol. The monoisotopic (exact) mass is 455 g/mol. The molecule has 0 saturated carbocycles. The van der Waals surface area contributed by atoms with Gasteiger partial charge in [-0.15, -0.1) is 0 Å². The number of anilines is 1. The van der Waals surface area contributed by atoms with Crippen LogP contribution >= 0.6 is 0 Å². The minimum Gasteiger partial charge on any atom is -0.341 e. The Morgan fingerprint density at radius 3 is 2.52 bits per heavy atom. The van der Waals surface area contributed by atoms with Gasteiger partial charge in [-0.25, -0.2) is 4.79 Å². The third-order valence-corrected chi connectivity index (χ3v) is 5.79. The Morgan fingerprint density at radius 1 is 1.03 bits per heavy atom. The van der Waals surface area contributed by atoms with Crippen LogP contribution < -0.4 is 21.5 Å². The van der Waals surface area contributed by atoms with Gasteiger partial charge in [-0.1, -0.05) is 32.0 Å². The molecule has 0 unspecified atom stereocenters. The zero-order valence-electron chi connectivity index (χ0n) is 19.6. The summed E-state index contributed by atoms with van der Waals surface area (Å²) in [4.78, 5) is 58.0. The fourth-order valence-electron chi connectivity index (χ4n) is 4.08. The van der Waals surface area contributed by atoms with Gasteiger partial charge in [0.2, 0.25) is 11.8 Å². The van der Waals surface area contributed by atoms with Crippen LogP contribution in [0.2, 0.25) is 0 Å². The lowest BCUT2D eigenvalue weighted by atomic mass is 10.1. The first-order valence-electron chi connectivity index (χ1n) is 11.4. The summed E-state index contributed by atoms with van der Waals surface area (Å²) in [6.45, 7) is 8.30. The Kier molecular flexibility index (Phi) is 8.21. The SMILES string of the molecule is Cc1[nH]c(=O)[nH]c(=O)c1CC(=O)N1CCCN(C(=O)CC(C)C)c2ccccc2CNCC1. The number of hydrogen-bond donors (Lipinski definition) is 3. The molecule has 0 spiro atoms. The number of para-hydroxylation sites is 1. The molecule has 2 amide bonds. The second-order valence-corrected chi connectivity index (χ2v) is 8.87. The average Bonchev–Trinajstić information content (AvgIpc) is 2.78. The van der Waals surface area contributed by atoms with Gasteiger partial charge >= 0.3 is 5.69 Å². The third-order valence-electron chi connectivity index (χ3n) is 5.79. The molecule has 9 heteroatoms. The molecular weight excluding hydrogens is 422 g/mol. The number of carbonyl (C=O) groups is 2. The van der Waals surface area contributed by atoms with Crippen molar-refractivity contribution in [2.24, 2.45) is 5.92 Å². The van der Waals surface area contributed by atoms with Gasteiger partial charge in [0.25, 0.3) is 5.56 Å². The predicted octanol–water partition coefficient (Wildman–Crippen LogP) is 1.32. The maximum Gasteiger partial charge on any atom is 0.325 e. The van der Waals surface area contributed by atoms with Crippen molar-refractivity contribution in [2.75, 3.05) is 31.1 Å². The highest BCUT2D eigenvalue weighted by Crippen LogP contribution is 2.23. The number of hydrogen-bond acceptors (Lipinski definition) is 5. The van der Waals surface area contributed by atoms with Crippen LogP contribution in [0.15, 0.2) is 33.9 Å². The molecule has 2 aromatic rings. The van der Waals surface area contributed by atoms with E-state index >= 15 is 0 Å². The number of aromatic nitrogens is 2. The number of nitrogens with one attached hydrogen (secondary N) is 3. The van der Waals surface area contributed by atoms with E-state index in [1.54, 1.807) is 11.8 Å². The number of H-pyrrole nitrogens is 2. The Balaban J connectivity index is 1.78. The number of fused-ring (bicyclic) bond motifs is 1. The van der Waals surface area contributed by atoms with Gasteiger partial charge in [0.15, 0.2) is 0 Å².